The number of amides is 1. The van der Waals surface area contributed by atoms with Gasteiger partial charge >= 0.3 is 0 Å². The maximum Gasteiger partial charge on any atom is 0.227 e. The lowest BCUT2D eigenvalue weighted by molar-refractivity contribution is -0.132. The van der Waals surface area contributed by atoms with Gasteiger partial charge in [-0.25, -0.2) is 4.68 Å². The van der Waals surface area contributed by atoms with E-state index in [1.807, 2.05) is 24.3 Å². The second-order valence-electron chi connectivity index (χ2n) is 7.08. The first-order valence-electron chi connectivity index (χ1n) is 9.04. The van der Waals surface area contributed by atoms with Gasteiger partial charge in [-0.15, -0.1) is 5.10 Å². The Labute approximate surface area is 147 Å². The van der Waals surface area contributed by atoms with Crippen LogP contribution >= 0.6 is 0 Å². The summed E-state index contributed by atoms with van der Waals surface area (Å²) in [6, 6.07) is 8.80. The lowest BCUT2D eigenvalue weighted by Crippen LogP contribution is -2.47. The van der Waals surface area contributed by atoms with E-state index in [1.54, 1.807) is 11.0 Å². The molecule has 2 fully saturated rings. The highest BCUT2D eigenvalue weighted by Crippen LogP contribution is 2.29. The van der Waals surface area contributed by atoms with Gasteiger partial charge in [0, 0.05) is 18.6 Å². The minimum absolute atomic E-state index is 0.248. The molecule has 0 radical (unpaired) electrons. The van der Waals surface area contributed by atoms with E-state index in [2.05, 4.69) is 32.4 Å². The largest absolute Gasteiger partial charge is 0.338 e. The quantitative estimate of drug-likeness (QED) is 0.839. The van der Waals surface area contributed by atoms with Gasteiger partial charge in [-0.05, 0) is 67.4 Å². The molecule has 1 aromatic carbocycles. The van der Waals surface area contributed by atoms with Gasteiger partial charge in [-0.3, -0.25) is 4.79 Å². The lowest BCUT2D eigenvalue weighted by atomic mass is 10.0. The van der Waals surface area contributed by atoms with Gasteiger partial charge in [0.05, 0.1) is 12.1 Å². The summed E-state index contributed by atoms with van der Waals surface area (Å²) in [4.78, 5) is 17.4. The molecule has 132 valence electrons. The monoisotopic (exact) mass is 340 g/mol. The number of hydrogen-bond acceptors (Lipinski definition) is 5. The number of benzene rings is 1. The van der Waals surface area contributed by atoms with Gasteiger partial charge in [0.25, 0.3) is 0 Å². The Hall–Kier alpha value is -2.28. The first-order valence-corrected chi connectivity index (χ1v) is 9.04. The topological polar surface area (TPSA) is 67.2 Å². The second kappa shape index (κ2) is 6.92. The van der Waals surface area contributed by atoms with E-state index in [9.17, 15) is 4.79 Å². The van der Waals surface area contributed by atoms with Crippen LogP contribution in [0, 0.1) is 0 Å². The molecule has 3 heterocycles. The summed E-state index contributed by atoms with van der Waals surface area (Å²) in [5.41, 5.74) is 1.93. The highest BCUT2D eigenvalue weighted by atomic mass is 16.2. The van der Waals surface area contributed by atoms with E-state index < -0.39 is 0 Å². The van der Waals surface area contributed by atoms with Crippen molar-refractivity contribution >= 4 is 5.91 Å². The Morgan fingerprint density at radius 1 is 1.12 bits per heavy atom. The summed E-state index contributed by atoms with van der Waals surface area (Å²) in [5.74, 6) is 0.248. The van der Waals surface area contributed by atoms with Crippen LogP contribution in [0.2, 0.25) is 0 Å². The molecule has 0 spiro atoms. The van der Waals surface area contributed by atoms with E-state index in [1.165, 1.54) is 12.8 Å². The van der Waals surface area contributed by atoms with Gasteiger partial charge in [-0.1, -0.05) is 12.1 Å². The molecule has 7 heteroatoms. The zero-order valence-corrected chi connectivity index (χ0v) is 14.6. The smallest absolute Gasteiger partial charge is 0.227 e. The minimum Gasteiger partial charge on any atom is -0.338 e. The van der Waals surface area contributed by atoms with Gasteiger partial charge in [-0.2, -0.15) is 0 Å². The Morgan fingerprint density at radius 2 is 1.88 bits per heavy atom. The zero-order valence-electron chi connectivity index (χ0n) is 14.6. The normalized spacial score (nSPS) is 24.1. The maximum absolute atomic E-state index is 12.9. The molecule has 2 aliphatic heterocycles. The Balaban J connectivity index is 1.42. The predicted molar refractivity (Wildman–Crippen MR) is 93.2 cm³/mol. The van der Waals surface area contributed by atoms with Crippen LogP contribution in [0.25, 0.3) is 5.69 Å². The van der Waals surface area contributed by atoms with Crippen molar-refractivity contribution in [1.82, 2.24) is 30.0 Å². The molecule has 0 aliphatic carbocycles. The molecule has 0 bridgehead atoms. The Bertz CT molecular complexity index is 714. The van der Waals surface area contributed by atoms with E-state index >= 15 is 0 Å². The molecule has 1 amide bonds. The van der Waals surface area contributed by atoms with Crippen LogP contribution in [-0.2, 0) is 11.2 Å². The molecule has 2 aliphatic rings. The van der Waals surface area contributed by atoms with Crippen LogP contribution in [0.5, 0.6) is 0 Å². The van der Waals surface area contributed by atoms with Gasteiger partial charge in [0.15, 0.2) is 0 Å². The summed E-state index contributed by atoms with van der Waals surface area (Å²) >= 11 is 0. The zero-order chi connectivity index (χ0) is 17.2. The highest BCUT2D eigenvalue weighted by Gasteiger charge is 2.38. The van der Waals surface area contributed by atoms with Crippen molar-refractivity contribution in [2.24, 2.45) is 0 Å². The van der Waals surface area contributed by atoms with Crippen LogP contribution in [-0.4, -0.2) is 68.1 Å². The van der Waals surface area contributed by atoms with Crippen molar-refractivity contribution in [2.45, 2.75) is 44.2 Å². The summed E-state index contributed by atoms with van der Waals surface area (Å²) < 4.78 is 1.61. The van der Waals surface area contributed by atoms with Crippen molar-refractivity contribution in [3.63, 3.8) is 0 Å². The Morgan fingerprint density at radius 3 is 2.56 bits per heavy atom. The van der Waals surface area contributed by atoms with Crippen LogP contribution in [0.1, 0.15) is 31.2 Å². The molecule has 2 saturated heterocycles. The van der Waals surface area contributed by atoms with Crippen molar-refractivity contribution in [1.29, 1.82) is 0 Å². The Kier molecular flexibility index (Phi) is 4.48. The molecular weight excluding hydrogens is 316 g/mol. The van der Waals surface area contributed by atoms with E-state index in [-0.39, 0.29) is 5.91 Å². The minimum atomic E-state index is 0.248. The third-order valence-electron chi connectivity index (χ3n) is 5.55. The highest BCUT2D eigenvalue weighted by molar-refractivity contribution is 5.79. The molecule has 1 aromatic heterocycles. The fourth-order valence-electron chi connectivity index (χ4n) is 4.25. The first kappa shape index (κ1) is 16.2. The maximum atomic E-state index is 12.9. The third kappa shape index (κ3) is 3.28. The van der Waals surface area contributed by atoms with Crippen molar-refractivity contribution in [3.8, 4) is 5.69 Å². The molecular formula is C18H24N6O. The van der Waals surface area contributed by atoms with Gasteiger partial charge in [0.2, 0.25) is 5.91 Å². The molecule has 2 atom stereocenters. The number of hydrogen-bond donors (Lipinski definition) is 0. The number of likely N-dealkylation sites (N-methyl/N-ethyl adjacent to an activating group) is 1. The molecule has 0 N–H and O–H groups in total. The molecule has 4 rings (SSSR count). The van der Waals surface area contributed by atoms with Crippen molar-refractivity contribution < 1.29 is 4.79 Å². The number of tetrazole rings is 1. The fraction of sp³-hybridized carbons (Fsp3) is 0.556. The molecule has 7 nitrogen and oxygen atoms in total. The fourth-order valence-corrected chi connectivity index (χ4v) is 4.25. The lowest BCUT2D eigenvalue weighted by Gasteiger charge is -2.33. The SMILES string of the molecule is CN1CCC[C@@H]1[C@@H]1CCCN1C(=O)Cc1ccc(-n2cnnn2)cc1. The number of likely N-dealkylation sites (tertiary alicyclic amines) is 2. The number of aromatic nitrogens is 4. The molecule has 0 saturated carbocycles. The standard InChI is InChI=1S/C18H24N6O/c1-22-10-2-4-16(22)17-5-3-11-23(17)18(25)12-14-6-8-15(9-7-14)24-13-19-20-21-24/h6-9,13,16-17H,2-5,10-12H2,1H3/t16-,17+/m1/s1. The van der Waals surface area contributed by atoms with E-state index in [4.69, 9.17) is 0 Å². The summed E-state index contributed by atoms with van der Waals surface area (Å²) in [6.45, 7) is 2.05. The van der Waals surface area contributed by atoms with Crippen molar-refractivity contribution in [3.05, 3.63) is 36.2 Å². The van der Waals surface area contributed by atoms with Crippen LogP contribution in [0.15, 0.2) is 30.6 Å². The van der Waals surface area contributed by atoms with Crippen LogP contribution < -0.4 is 0 Å². The number of rotatable bonds is 4. The molecule has 0 unspecified atom stereocenters. The van der Waals surface area contributed by atoms with Gasteiger partial charge in [0.1, 0.15) is 6.33 Å². The summed E-state index contributed by atoms with van der Waals surface area (Å²) in [6.07, 6.45) is 6.75. The second-order valence-corrected chi connectivity index (χ2v) is 7.08. The predicted octanol–water partition coefficient (Wildman–Crippen LogP) is 1.29. The average Bonchev–Trinajstić information content (AvgIpc) is 3.36. The van der Waals surface area contributed by atoms with E-state index in [0.29, 0.717) is 18.5 Å². The van der Waals surface area contributed by atoms with Crippen LogP contribution in [0.3, 0.4) is 0 Å². The number of carbonyl (C=O) groups is 1. The summed E-state index contributed by atoms with van der Waals surface area (Å²) in [7, 11) is 2.19. The molecule has 2 aromatic rings. The first-order chi connectivity index (χ1) is 12.2. The number of carbonyl (C=O) groups excluding carboxylic acids is 1. The summed E-state index contributed by atoms with van der Waals surface area (Å²) in [5, 5.41) is 11.2. The van der Waals surface area contributed by atoms with Crippen molar-refractivity contribution in [2.75, 3.05) is 20.1 Å². The number of nitrogens with zero attached hydrogens (tertiary/aromatic N) is 6. The van der Waals surface area contributed by atoms with E-state index in [0.717, 1.165) is 37.2 Å². The average molecular weight is 340 g/mol. The molecule has 25 heavy (non-hydrogen) atoms. The third-order valence-corrected chi connectivity index (χ3v) is 5.55. The van der Waals surface area contributed by atoms with Gasteiger partial charge < -0.3 is 9.80 Å². The van der Waals surface area contributed by atoms with Crippen LogP contribution in [0.4, 0.5) is 0 Å².